The van der Waals surface area contributed by atoms with Crippen molar-refractivity contribution in [1.29, 1.82) is 0 Å². The summed E-state index contributed by atoms with van der Waals surface area (Å²) in [7, 11) is 0. The zero-order chi connectivity index (χ0) is 18.0. The van der Waals surface area contributed by atoms with E-state index in [0.717, 1.165) is 32.1 Å². The molecule has 136 valence electrons. The molecule has 0 amide bonds. The first-order valence-electron chi connectivity index (χ1n) is 9.73. The fourth-order valence-corrected chi connectivity index (χ4v) is 7.04. The van der Waals surface area contributed by atoms with Crippen molar-refractivity contribution >= 4 is 18.0 Å². The van der Waals surface area contributed by atoms with Crippen LogP contribution < -0.4 is 0 Å². The van der Waals surface area contributed by atoms with Gasteiger partial charge in [0.1, 0.15) is 11.9 Å². The number of carbonyl (C=O) groups excluding carboxylic acids is 3. The molecular formula is C21H28O4. The third kappa shape index (κ3) is 1.97. The average molecular weight is 344 g/mol. The van der Waals surface area contributed by atoms with Crippen LogP contribution in [-0.2, 0) is 19.1 Å². The van der Waals surface area contributed by atoms with Crippen LogP contribution in [-0.4, -0.2) is 24.1 Å². The summed E-state index contributed by atoms with van der Waals surface area (Å²) >= 11 is 0. The van der Waals surface area contributed by atoms with Gasteiger partial charge >= 0.3 is 0 Å². The number of Topliss-reactive ketones (excluding diaryl/α,β-unsaturated/α-hetero) is 2. The largest absolute Gasteiger partial charge is 0.464 e. The molecule has 5 aliphatic rings. The highest BCUT2D eigenvalue weighted by Gasteiger charge is 2.70. The van der Waals surface area contributed by atoms with E-state index in [1.807, 2.05) is 0 Å². The molecule has 0 aromatic carbocycles. The second kappa shape index (κ2) is 5.52. The zero-order valence-corrected chi connectivity index (χ0v) is 15.3. The lowest BCUT2D eigenvalue weighted by Crippen LogP contribution is -2.67. The summed E-state index contributed by atoms with van der Waals surface area (Å²) in [5, 5.41) is 0. The minimum atomic E-state index is -0.897. The van der Waals surface area contributed by atoms with Gasteiger partial charge in [0, 0.05) is 11.8 Å². The summed E-state index contributed by atoms with van der Waals surface area (Å²) in [4.78, 5) is 37.7. The predicted molar refractivity (Wildman–Crippen MR) is 92.6 cm³/mol. The first-order chi connectivity index (χ1) is 11.9. The molecule has 5 rings (SSSR count). The van der Waals surface area contributed by atoms with Crippen LogP contribution in [0, 0.1) is 34.5 Å². The highest BCUT2D eigenvalue weighted by Crippen LogP contribution is 2.67. The Labute approximate surface area is 149 Å². The third-order valence-corrected chi connectivity index (χ3v) is 8.37. The summed E-state index contributed by atoms with van der Waals surface area (Å²) in [6.07, 6.45) is 5.52. The van der Waals surface area contributed by atoms with Crippen molar-refractivity contribution in [3.63, 3.8) is 0 Å². The van der Waals surface area contributed by atoms with Crippen LogP contribution in [0.3, 0.4) is 0 Å². The Morgan fingerprint density at radius 1 is 1.24 bits per heavy atom. The van der Waals surface area contributed by atoms with Crippen LogP contribution >= 0.6 is 0 Å². The van der Waals surface area contributed by atoms with E-state index in [0.29, 0.717) is 30.8 Å². The number of rotatable bonds is 2. The van der Waals surface area contributed by atoms with Gasteiger partial charge in [-0.05, 0) is 61.3 Å². The number of hydrogen-bond donors (Lipinski definition) is 0. The van der Waals surface area contributed by atoms with Gasteiger partial charge in [0.25, 0.3) is 6.47 Å². The Hall–Kier alpha value is -1.45. The molecular weight excluding hydrogens is 316 g/mol. The molecule has 2 bridgehead atoms. The number of ether oxygens (including phenoxy) is 1. The maximum Gasteiger partial charge on any atom is 0.293 e. The monoisotopic (exact) mass is 344 g/mol. The van der Waals surface area contributed by atoms with E-state index in [1.165, 1.54) is 0 Å². The van der Waals surface area contributed by atoms with Gasteiger partial charge in [0.05, 0.1) is 5.41 Å². The fraction of sp³-hybridized carbons (Fsp3) is 0.762. The highest BCUT2D eigenvalue weighted by molar-refractivity contribution is 6.16. The molecule has 0 aromatic rings. The third-order valence-electron chi connectivity index (χ3n) is 8.37. The lowest BCUT2D eigenvalue weighted by atomic mass is 9.39. The summed E-state index contributed by atoms with van der Waals surface area (Å²) in [5.41, 5.74) is -0.543. The number of carbonyl (C=O) groups is 3. The Balaban J connectivity index is 1.87. The van der Waals surface area contributed by atoms with Gasteiger partial charge in [0.15, 0.2) is 5.78 Å². The van der Waals surface area contributed by atoms with Gasteiger partial charge in [0.2, 0.25) is 0 Å². The number of allylic oxidation sites excluding steroid dienone is 1. The molecule has 0 heterocycles. The minimum Gasteiger partial charge on any atom is -0.464 e. The summed E-state index contributed by atoms with van der Waals surface area (Å²) in [6.45, 7) is 9.01. The van der Waals surface area contributed by atoms with E-state index in [-0.39, 0.29) is 40.8 Å². The fourth-order valence-electron chi connectivity index (χ4n) is 7.04. The van der Waals surface area contributed by atoms with Crippen LogP contribution in [0.2, 0.25) is 0 Å². The maximum atomic E-state index is 13.3. The second-order valence-corrected chi connectivity index (χ2v) is 9.08. The summed E-state index contributed by atoms with van der Waals surface area (Å²) in [5.74, 6) is 0.884. The van der Waals surface area contributed by atoms with E-state index >= 15 is 0 Å². The van der Waals surface area contributed by atoms with Gasteiger partial charge in [-0.3, -0.25) is 14.4 Å². The Bertz CT molecular complexity index is 652. The van der Waals surface area contributed by atoms with Crippen molar-refractivity contribution in [3.05, 3.63) is 12.2 Å². The molecule has 7 atom stereocenters. The van der Waals surface area contributed by atoms with Crippen LogP contribution in [0.15, 0.2) is 12.2 Å². The minimum absolute atomic E-state index is 0.00794. The first-order valence-corrected chi connectivity index (χ1v) is 9.73. The van der Waals surface area contributed by atoms with Gasteiger partial charge in [-0.15, -0.1) is 0 Å². The van der Waals surface area contributed by atoms with Crippen molar-refractivity contribution in [3.8, 4) is 0 Å². The van der Waals surface area contributed by atoms with Gasteiger partial charge in [-0.25, -0.2) is 0 Å². The molecule has 0 saturated heterocycles. The molecule has 4 heteroatoms. The Morgan fingerprint density at radius 3 is 2.72 bits per heavy atom. The number of ketones is 2. The maximum absolute atomic E-state index is 13.3. The molecule has 4 nitrogen and oxygen atoms in total. The van der Waals surface area contributed by atoms with Gasteiger partial charge in [-0.2, -0.15) is 0 Å². The molecule has 5 saturated carbocycles. The van der Waals surface area contributed by atoms with Crippen molar-refractivity contribution in [2.24, 2.45) is 34.5 Å². The quantitative estimate of drug-likeness (QED) is 0.437. The average Bonchev–Trinajstić information content (AvgIpc) is 2.71. The molecule has 25 heavy (non-hydrogen) atoms. The predicted octanol–water partition coefficient (Wildman–Crippen LogP) is 3.48. The van der Waals surface area contributed by atoms with Gasteiger partial charge < -0.3 is 4.74 Å². The molecule has 1 spiro atoms. The lowest BCUT2D eigenvalue weighted by molar-refractivity contribution is -0.191. The summed E-state index contributed by atoms with van der Waals surface area (Å²) in [6, 6.07) is 0. The Kier molecular flexibility index (Phi) is 3.75. The normalized spacial score (nSPS) is 49.2. The highest BCUT2D eigenvalue weighted by atomic mass is 16.5. The van der Waals surface area contributed by atoms with Crippen LogP contribution in [0.4, 0.5) is 0 Å². The van der Waals surface area contributed by atoms with Crippen LogP contribution in [0.5, 0.6) is 0 Å². The van der Waals surface area contributed by atoms with Crippen LogP contribution in [0.1, 0.15) is 58.8 Å². The van der Waals surface area contributed by atoms with E-state index in [4.69, 9.17) is 4.74 Å². The molecule has 0 aliphatic heterocycles. The Morgan fingerprint density at radius 2 is 2.00 bits per heavy atom. The van der Waals surface area contributed by atoms with Crippen molar-refractivity contribution in [1.82, 2.24) is 0 Å². The van der Waals surface area contributed by atoms with E-state index in [9.17, 15) is 14.4 Å². The second-order valence-electron chi connectivity index (χ2n) is 9.08. The van der Waals surface area contributed by atoms with E-state index in [1.54, 1.807) is 0 Å². The van der Waals surface area contributed by atoms with Crippen molar-refractivity contribution < 1.29 is 19.1 Å². The van der Waals surface area contributed by atoms with Gasteiger partial charge in [-0.1, -0.05) is 26.8 Å². The van der Waals surface area contributed by atoms with E-state index < -0.39 is 5.41 Å². The number of hydrogen-bond acceptors (Lipinski definition) is 4. The molecule has 0 radical (unpaired) electrons. The number of fused-ring (bicyclic) bond motifs is 3. The lowest BCUT2D eigenvalue weighted by Gasteiger charge is -2.63. The first kappa shape index (κ1) is 17.0. The zero-order valence-electron chi connectivity index (χ0n) is 15.3. The smallest absolute Gasteiger partial charge is 0.293 e. The van der Waals surface area contributed by atoms with E-state index in [2.05, 4.69) is 20.4 Å². The van der Waals surface area contributed by atoms with Crippen LogP contribution in [0.25, 0.3) is 0 Å². The molecule has 0 aromatic heterocycles. The SMILES string of the molecule is C=C1C(=O)C23CCC1CC2C1(C)C(OC=O)CCCC(C)C1CC3=O. The molecule has 5 fully saturated rings. The molecule has 7 unspecified atom stereocenters. The van der Waals surface area contributed by atoms with Crippen molar-refractivity contribution in [2.45, 2.75) is 64.9 Å². The molecule has 0 N–H and O–H groups in total. The summed E-state index contributed by atoms with van der Waals surface area (Å²) < 4.78 is 5.61. The standard InChI is InChI=1S/C21H28O4/c1-12-5-4-6-18(25-11-22)20(3)15(12)10-17(23)21-8-7-14(9-16(20)21)13(2)19(21)24/h11-12,14-16,18H,2,4-10H2,1,3H3. The topological polar surface area (TPSA) is 60.4 Å². The van der Waals surface area contributed by atoms with Crippen molar-refractivity contribution in [2.75, 3.05) is 0 Å². The molecule has 5 aliphatic carbocycles.